The van der Waals surface area contributed by atoms with Gasteiger partial charge in [0.05, 0.1) is 0 Å². The highest BCUT2D eigenvalue weighted by molar-refractivity contribution is 5.84. The van der Waals surface area contributed by atoms with Crippen LogP contribution in [-0.4, -0.2) is 22.7 Å². The quantitative estimate of drug-likeness (QED) is 0.707. The zero-order valence-electron chi connectivity index (χ0n) is 9.55. The normalized spacial score (nSPS) is 26.2. The Kier molecular flexibility index (Phi) is 2.91. The van der Waals surface area contributed by atoms with Crippen LogP contribution in [0.2, 0.25) is 0 Å². The minimum absolute atomic E-state index is 0.168. The third-order valence-corrected chi connectivity index (χ3v) is 3.12. The van der Waals surface area contributed by atoms with Gasteiger partial charge in [0.1, 0.15) is 5.60 Å². The number of rotatable bonds is 2. The van der Waals surface area contributed by atoms with Gasteiger partial charge in [0.25, 0.3) is 5.91 Å². The van der Waals surface area contributed by atoms with Crippen LogP contribution in [-0.2, 0) is 4.79 Å². The average molecular weight is 199 g/mol. The lowest BCUT2D eigenvalue weighted by molar-refractivity contribution is -0.137. The molecule has 1 saturated carbocycles. The minimum atomic E-state index is -1.27. The Balaban J connectivity index is 2.57. The van der Waals surface area contributed by atoms with Gasteiger partial charge in [-0.1, -0.05) is 20.3 Å². The molecular weight excluding hydrogens is 178 g/mol. The number of amides is 1. The van der Waals surface area contributed by atoms with Gasteiger partial charge in [-0.2, -0.15) is 0 Å². The van der Waals surface area contributed by atoms with Crippen molar-refractivity contribution in [2.45, 2.75) is 58.6 Å². The van der Waals surface area contributed by atoms with E-state index in [2.05, 4.69) is 19.2 Å². The average Bonchev–Trinajstić information content (AvgIpc) is 2.29. The van der Waals surface area contributed by atoms with Crippen molar-refractivity contribution in [1.29, 1.82) is 0 Å². The highest BCUT2D eigenvalue weighted by Gasteiger charge is 2.37. The summed E-state index contributed by atoms with van der Waals surface area (Å²) in [4.78, 5) is 11.5. The molecule has 3 heteroatoms. The van der Waals surface area contributed by atoms with Gasteiger partial charge in [0.15, 0.2) is 0 Å². The predicted octanol–water partition coefficient (Wildman–Crippen LogP) is 1.45. The second-order valence-corrected chi connectivity index (χ2v) is 5.47. The molecule has 1 amide bonds. The summed E-state index contributed by atoms with van der Waals surface area (Å²) in [5.41, 5.74) is -1.10. The van der Waals surface area contributed by atoms with Crippen molar-refractivity contribution in [3.8, 4) is 0 Å². The first-order chi connectivity index (χ1) is 6.23. The monoisotopic (exact) mass is 199 g/mol. The van der Waals surface area contributed by atoms with Crippen molar-refractivity contribution in [2.24, 2.45) is 5.41 Å². The number of nitrogens with one attached hydrogen (secondary N) is 1. The number of hydrogen-bond acceptors (Lipinski definition) is 2. The molecule has 0 aromatic rings. The molecule has 0 radical (unpaired) electrons. The van der Waals surface area contributed by atoms with Gasteiger partial charge in [-0.05, 0) is 32.1 Å². The maximum absolute atomic E-state index is 11.5. The molecule has 0 heterocycles. The van der Waals surface area contributed by atoms with Crippen LogP contribution in [0.15, 0.2) is 0 Å². The highest BCUT2D eigenvalue weighted by atomic mass is 16.3. The van der Waals surface area contributed by atoms with E-state index in [0.29, 0.717) is 0 Å². The van der Waals surface area contributed by atoms with Crippen LogP contribution in [0.25, 0.3) is 0 Å². The lowest BCUT2D eigenvalue weighted by Crippen LogP contribution is -2.49. The van der Waals surface area contributed by atoms with Crippen molar-refractivity contribution in [3.05, 3.63) is 0 Å². The largest absolute Gasteiger partial charge is 0.381 e. The first-order valence-electron chi connectivity index (χ1n) is 5.27. The van der Waals surface area contributed by atoms with Crippen molar-refractivity contribution < 1.29 is 9.90 Å². The van der Waals surface area contributed by atoms with Crippen LogP contribution in [0.5, 0.6) is 0 Å². The smallest absolute Gasteiger partial charge is 0.251 e. The second kappa shape index (κ2) is 3.54. The molecule has 0 saturated heterocycles. The van der Waals surface area contributed by atoms with E-state index in [4.69, 9.17) is 0 Å². The van der Waals surface area contributed by atoms with Crippen LogP contribution >= 0.6 is 0 Å². The molecule has 0 bridgehead atoms. The van der Waals surface area contributed by atoms with Gasteiger partial charge in [0.2, 0.25) is 0 Å². The minimum Gasteiger partial charge on any atom is -0.381 e. The lowest BCUT2D eigenvalue weighted by Gasteiger charge is -2.30. The van der Waals surface area contributed by atoms with E-state index < -0.39 is 5.60 Å². The second-order valence-electron chi connectivity index (χ2n) is 5.47. The van der Waals surface area contributed by atoms with Crippen molar-refractivity contribution in [1.82, 2.24) is 5.32 Å². The molecule has 1 aliphatic rings. The van der Waals surface area contributed by atoms with Crippen LogP contribution in [0.1, 0.15) is 47.0 Å². The maximum Gasteiger partial charge on any atom is 0.251 e. The molecule has 0 spiro atoms. The van der Waals surface area contributed by atoms with Crippen LogP contribution in [0, 0.1) is 5.41 Å². The van der Waals surface area contributed by atoms with Gasteiger partial charge < -0.3 is 10.4 Å². The molecular formula is C11H21NO2. The summed E-state index contributed by atoms with van der Waals surface area (Å²) in [6.07, 6.45) is 3.32. The van der Waals surface area contributed by atoms with Crippen LogP contribution < -0.4 is 5.32 Å². The Bertz CT molecular complexity index is 228. The SMILES string of the molecule is CC(C)(O)C(=O)NC1CCCC1(C)C. The van der Waals surface area contributed by atoms with E-state index in [9.17, 15) is 9.90 Å². The first kappa shape index (κ1) is 11.5. The fraction of sp³-hybridized carbons (Fsp3) is 0.909. The molecule has 0 aromatic carbocycles. The molecule has 14 heavy (non-hydrogen) atoms. The molecule has 1 fully saturated rings. The molecule has 1 unspecified atom stereocenters. The lowest BCUT2D eigenvalue weighted by atomic mass is 9.87. The summed E-state index contributed by atoms with van der Waals surface area (Å²) in [5, 5.41) is 12.4. The zero-order chi connectivity index (χ0) is 11.0. The fourth-order valence-electron chi connectivity index (χ4n) is 1.93. The number of carbonyl (C=O) groups excluding carboxylic acids is 1. The Hall–Kier alpha value is -0.570. The van der Waals surface area contributed by atoms with Crippen LogP contribution in [0.3, 0.4) is 0 Å². The Labute approximate surface area is 85.9 Å². The Morgan fingerprint density at radius 2 is 2.07 bits per heavy atom. The van der Waals surface area contributed by atoms with Gasteiger partial charge in [-0.3, -0.25) is 4.79 Å². The Morgan fingerprint density at radius 3 is 2.43 bits per heavy atom. The summed E-state index contributed by atoms with van der Waals surface area (Å²) < 4.78 is 0. The molecule has 0 aliphatic heterocycles. The summed E-state index contributed by atoms with van der Waals surface area (Å²) in [7, 11) is 0. The predicted molar refractivity (Wildman–Crippen MR) is 55.9 cm³/mol. The maximum atomic E-state index is 11.5. The number of carbonyl (C=O) groups is 1. The van der Waals surface area contributed by atoms with E-state index in [0.717, 1.165) is 19.3 Å². The van der Waals surface area contributed by atoms with Gasteiger partial charge >= 0.3 is 0 Å². The highest BCUT2D eigenvalue weighted by Crippen LogP contribution is 2.37. The van der Waals surface area contributed by atoms with E-state index in [-0.39, 0.29) is 17.4 Å². The van der Waals surface area contributed by atoms with Gasteiger partial charge in [-0.25, -0.2) is 0 Å². The van der Waals surface area contributed by atoms with E-state index >= 15 is 0 Å². The summed E-state index contributed by atoms with van der Waals surface area (Å²) in [6.45, 7) is 7.36. The standard InChI is InChI=1S/C11H21NO2/c1-10(2)7-5-6-8(10)12-9(13)11(3,4)14/h8,14H,5-7H2,1-4H3,(H,12,13). The molecule has 82 valence electrons. The molecule has 3 nitrogen and oxygen atoms in total. The Morgan fingerprint density at radius 1 is 1.50 bits per heavy atom. The van der Waals surface area contributed by atoms with Crippen molar-refractivity contribution in [3.63, 3.8) is 0 Å². The molecule has 1 rings (SSSR count). The molecule has 2 N–H and O–H groups in total. The van der Waals surface area contributed by atoms with E-state index in [1.165, 1.54) is 13.8 Å². The molecule has 1 atom stereocenters. The van der Waals surface area contributed by atoms with Gasteiger partial charge in [0, 0.05) is 6.04 Å². The van der Waals surface area contributed by atoms with Crippen molar-refractivity contribution >= 4 is 5.91 Å². The van der Waals surface area contributed by atoms with Crippen molar-refractivity contribution in [2.75, 3.05) is 0 Å². The topological polar surface area (TPSA) is 49.3 Å². The number of hydrogen-bond donors (Lipinski definition) is 2. The van der Waals surface area contributed by atoms with E-state index in [1.54, 1.807) is 0 Å². The van der Waals surface area contributed by atoms with Gasteiger partial charge in [-0.15, -0.1) is 0 Å². The molecule has 1 aliphatic carbocycles. The molecule has 0 aromatic heterocycles. The summed E-state index contributed by atoms with van der Waals surface area (Å²) in [6, 6.07) is 0.210. The fourth-order valence-corrected chi connectivity index (χ4v) is 1.93. The summed E-state index contributed by atoms with van der Waals surface area (Å²) >= 11 is 0. The third kappa shape index (κ3) is 2.47. The first-order valence-corrected chi connectivity index (χ1v) is 5.27. The zero-order valence-corrected chi connectivity index (χ0v) is 9.55. The van der Waals surface area contributed by atoms with E-state index in [1.807, 2.05) is 0 Å². The third-order valence-electron chi connectivity index (χ3n) is 3.12. The summed E-state index contributed by atoms with van der Waals surface area (Å²) in [5.74, 6) is -0.266. The number of aliphatic hydroxyl groups is 1. The van der Waals surface area contributed by atoms with Crippen LogP contribution in [0.4, 0.5) is 0 Å².